The standard InChI is InChI=1S/C16H24N2O3S/c1-11-2-4-12(5-3-11)15-17-13(7-22-15)6-14(20)18-8-16(21,9-18)10-19/h7,11-12,19,21H,2-6,8-10H2,1H3. The summed E-state index contributed by atoms with van der Waals surface area (Å²) in [4.78, 5) is 18.4. The fourth-order valence-electron chi connectivity index (χ4n) is 3.31. The highest BCUT2D eigenvalue weighted by molar-refractivity contribution is 7.09. The normalized spacial score (nSPS) is 27.5. The number of aliphatic hydroxyl groups excluding tert-OH is 1. The number of thiazole rings is 1. The van der Waals surface area contributed by atoms with Crippen molar-refractivity contribution in [3.8, 4) is 0 Å². The van der Waals surface area contributed by atoms with Gasteiger partial charge in [0.15, 0.2) is 0 Å². The number of likely N-dealkylation sites (tertiary alicyclic amines) is 1. The van der Waals surface area contributed by atoms with E-state index in [-0.39, 0.29) is 25.6 Å². The van der Waals surface area contributed by atoms with Gasteiger partial charge in [-0.25, -0.2) is 4.98 Å². The predicted octanol–water partition coefficient (Wildman–Crippen LogP) is 1.54. The molecule has 2 heterocycles. The first kappa shape index (κ1) is 15.9. The summed E-state index contributed by atoms with van der Waals surface area (Å²) in [6, 6.07) is 0. The Labute approximate surface area is 135 Å². The molecule has 2 fully saturated rings. The van der Waals surface area contributed by atoms with Gasteiger partial charge in [0.2, 0.25) is 5.91 Å². The summed E-state index contributed by atoms with van der Waals surface area (Å²) in [7, 11) is 0. The summed E-state index contributed by atoms with van der Waals surface area (Å²) in [6.45, 7) is 2.46. The summed E-state index contributed by atoms with van der Waals surface area (Å²) in [5, 5.41) is 21.9. The number of carbonyl (C=O) groups excluding carboxylic acids is 1. The van der Waals surface area contributed by atoms with Gasteiger partial charge < -0.3 is 15.1 Å². The second kappa shape index (κ2) is 6.26. The molecular weight excluding hydrogens is 300 g/mol. The first-order chi connectivity index (χ1) is 10.5. The van der Waals surface area contributed by atoms with E-state index < -0.39 is 5.60 Å². The molecule has 1 saturated heterocycles. The van der Waals surface area contributed by atoms with E-state index in [2.05, 4.69) is 11.9 Å². The van der Waals surface area contributed by atoms with Crippen molar-refractivity contribution in [2.24, 2.45) is 5.92 Å². The highest BCUT2D eigenvalue weighted by atomic mass is 32.1. The molecule has 2 aliphatic rings. The molecule has 0 unspecified atom stereocenters. The third-order valence-electron chi connectivity index (χ3n) is 4.88. The molecule has 0 radical (unpaired) electrons. The number of aliphatic hydroxyl groups is 2. The first-order valence-corrected chi connectivity index (χ1v) is 8.92. The summed E-state index contributed by atoms with van der Waals surface area (Å²) < 4.78 is 0. The Morgan fingerprint density at radius 2 is 2.09 bits per heavy atom. The van der Waals surface area contributed by atoms with Crippen molar-refractivity contribution < 1.29 is 15.0 Å². The van der Waals surface area contributed by atoms with Gasteiger partial charge in [-0.15, -0.1) is 11.3 Å². The Balaban J connectivity index is 1.53. The fraction of sp³-hybridized carbons (Fsp3) is 0.750. The number of hydrogen-bond donors (Lipinski definition) is 2. The number of nitrogens with zero attached hydrogens (tertiary/aromatic N) is 2. The van der Waals surface area contributed by atoms with Crippen molar-refractivity contribution in [2.75, 3.05) is 19.7 Å². The summed E-state index contributed by atoms with van der Waals surface area (Å²) >= 11 is 1.67. The molecule has 5 nitrogen and oxygen atoms in total. The van der Waals surface area contributed by atoms with E-state index >= 15 is 0 Å². The number of carbonyl (C=O) groups is 1. The number of aromatic nitrogens is 1. The molecule has 1 aromatic heterocycles. The van der Waals surface area contributed by atoms with Crippen molar-refractivity contribution in [1.82, 2.24) is 9.88 Å². The number of rotatable bonds is 4. The molecule has 1 aliphatic carbocycles. The van der Waals surface area contributed by atoms with Crippen molar-refractivity contribution in [2.45, 2.75) is 50.5 Å². The van der Waals surface area contributed by atoms with Gasteiger partial charge in [-0.2, -0.15) is 0 Å². The van der Waals surface area contributed by atoms with Gasteiger partial charge in [0.1, 0.15) is 5.60 Å². The summed E-state index contributed by atoms with van der Waals surface area (Å²) in [5.74, 6) is 1.37. The minimum atomic E-state index is -1.10. The van der Waals surface area contributed by atoms with Crippen LogP contribution in [0, 0.1) is 5.92 Å². The topological polar surface area (TPSA) is 73.7 Å². The van der Waals surface area contributed by atoms with E-state index in [0.717, 1.165) is 11.6 Å². The Morgan fingerprint density at radius 3 is 2.73 bits per heavy atom. The molecule has 122 valence electrons. The number of hydrogen-bond acceptors (Lipinski definition) is 5. The van der Waals surface area contributed by atoms with Crippen molar-refractivity contribution in [3.05, 3.63) is 16.1 Å². The van der Waals surface area contributed by atoms with Gasteiger partial charge >= 0.3 is 0 Å². The molecule has 22 heavy (non-hydrogen) atoms. The number of β-amino-alcohol motifs (C(OH)–C–C–N with tert-alkyl or cyclic N) is 1. The van der Waals surface area contributed by atoms with Crippen LogP contribution in [0.1, 0.15) is 49.2 Å². The molecule has 6 heteroatoms. The van der Waals surface area contributed by atoms with E-state index in [1.807, 2.05) is 5.38 Å². The molecule has 1 saturated carbocycles. The molecule has 1 amide bonds. The van der Waals surface area contributed by atoms with Gasteiger partial charge in [-0.1, -0.05) is 19.8 Å². The zero-order valence-electron chi connectivity index (χ0n) is 13.0. The Bertz CT molecular complexity index is 531. The van der Waals surface area contributed by atoms with Gasteiger partial charge in [-0.05, 0) is 18.8 Å². The van der Waals surface area contributed by atoms with Crippen molar-refractivity contribution >= 4 is 17.2 Å². The van der Waals surface area contributed by atoms with E-state index in [1.165, 1.54) is 30.7 Å². The van der Waals surface area contributed by atoms with E-state index in [9.17, 15) is 9.90 Å². The monoisotopic (exact) mass is 324 g/mol. The second-order valence-electron chi connectivity index (χ2n) is 6.94. The highest BCUT2D eigenvalue weighted by Crippen LogP contribution is 2.36. The molecular formula is C16H24N2O3S. The van der Waals surface area contributed by atoms with Crippen LogP contribution in [-0.2, 0) is 11.2 Å². The van der Waals surface area contributed by atoms with Crippen molar-refractivity contribution in [3.63, 3.8) is 0 Å². The SMILES string of the molecule is CC1CCC(c2nc(CC(=O)N3CC(O)(CO)C3)cs2)CC1. The zero-order chi connectivity index (χ0) is 15.7. The van der Waals surface area contributed by atoms with Crippen LogP contribution >= 0.6 is 11.3 Å². The molecule has 0 bridgehead atoms. The quantitative estimate of drug-likeness (QED) is 0.881. The van der Waals surface area contributed by atoms with Crippen LogP contribution < -0.4 is 0 Å². The lowest BCUT2D eigenvalue weighted by Gasteiger charge is -2.45. The zero-order valence-corrected chi connectivity index (χ0v) is 13.8. The molecule has 1 aromatic rings. The first-order valence-electron chi connectivity index (χ1n) is 8.04. The number of amides is 1. The second-order valence-corrected chi connectivity index (χ2v) is 7.83. The van der Waals surface area contributed by atoms with Gasteiger partial charge in [-0.3, -0.25) is 4.79 Å². The van der Waals surface area contributed by atoms with Crippen molar-refractivity contribution in [1.29, 1.82) is 0 Å². The third kappa shape index (κ3) is 3.34. The lowest BCUT2D eigenvalue weighted by molar-refractivity contribution is -0.161. The average molecular weight is 324 g/mol. The maximum absolute atomic E-state index is 12.1. The predicted molar refractivity (Wildman–Crippen MR) is 84.8 cm³/mol. The fourth-order valence-corrected chi connectivity index (χ4v) is 4.30. The summed E-state index contributed by atoms with van der Waals surface area (Å²) in [6.07, 6.45) is 5.24. The molecule has 0 atom stereocenters. The van der Waals surface area contributed by atoms with Gasteiger partial charge in [0.25, 0.3) is 0 Å². The largest absolute Gasteiger partial charge is 0.393 e. The Kier molecular flexibility index (Phi) is 4.52. The molecule has 0 aromatic carbocycles. The molecule has 2 N–H and O–H groups in total. The van der Waals surface area contributed by atoms with E-state index in [4.69, 9.17) is 5.11 Å². The average Bonchev–Trinajstić information content (AvgIpc) is 2.93. The van der Waals surface area contributed by atoms with Crippen LogP contribution in [0.2, 0.25) is 0 Å². The van der Waals surface area contributed by atoms with Crippen LogP contribution in [0.25, 0.3) is 0 Å². The smallest absolute Gasteiger partial charge is 0.228 e. The van der Waals surface area contributed by atoms with Crippen LogP contribution in [0.3, 0.4) is 0 Å². The minimum absolute atomic E-state index is 0.0211. The molecule has 3 rings (SSSR count). The molecule has 0 spiro atoms. The maximum Gasteiger partial charge on any atom is 0.228 e. The summed E-state index contributed by atoms with van der Waals surface area (Å²) in [5.41, 5.74) is -0.259. The van der Waals surface area contributed by atoms with Crippen LogP contribution in [-0.4, -0.2) is 51.3 Å². The van der Waals surface area contributed by atoms with Crippen LogP contribution in [0.5, 0.6) is 0 Å². The van der Waals surface area contributed by atoms with Crippen LogP contribution in [0.15, 0.2) is 5.38 Å². The Morgan fingerprint density at radius 1 is 1.41 bits per heavy atom. The van der Waals surface area contributed by atoms with Crippen LogP contribution in [0.4, 0.5) is 0 Å². The Hall–Kier alpha value is -0.980. The van der Waals surface area contributed by atoms with E-state index in [0.29, 0.717) is 12.3 Å². The third-order valence-corrected chi connectivity index (χ3v) is 5.94. The lowest BCUT2D eigenvalue weighted by atomic mass is 9.83. The van der Waals surface area contributed by atoms with Gasteiger partial charge in [0.05, 0.1) is 36.8 Å². The molecule has 1 aliphatic heterocycles. The minimum Gasteiger partial charge on any atom is -0.393 e. The van der Waals surface area contributed by atoms with Gasteiger partial charge in [0, 0.05) is 11.3 Å². The highest BCUT2D eigenvalue weighted by Gasteiger charge is 2.43. The lowest BCUT2D eigenvalue weighted by Crippen LogP contribution is -2.65. The van der Waals surface area contributed by atoms with E-state index in [1.54, 1.807) is 16.2 Å². The maximum atomic E-state index is 12.1.